The van der Waals surface area contributed by atoms with Gasteiger partial charge in [0.05, 0.1) is 5.54 Å². The minimum Gasteiger partial charge on any atom is -0.319 e. The molecule has 0 bridgehead atoms. The molecule has 1 saturated carbocycles. The zero-order valence-corrected chi connectivity index (χ0v) is 10.9. The van der Waals surface area contributed by atoms with E-state index in [-0.39, 0.29) is 18.2 Å². The molecular weight excluding hydrogens is 283 g/mol. The van der Waals surface area contributed by atoms with E-state index in [1.807, 2.05) is 0 Å². The van der Waals surface area contributed by atoms with Crippen LogP contribution in [0, 0.1) is 0 Å². The molecule has 1 fully saturated rings. The van der Waals surface area contributed by atoms with Gasteiger partial charge >= 0.3 is 6.18 Å². The Hall–Kier alpha value is -1.08. The smallest absolute Gasteiger partial charge is 0.319 e. The van der Waals surface area contributed by atoms with Gasteiger partial charge in [0.15, 0.2) is 5.69 Å². The van der Waals surface area contributed by atoms with Gasteiger partial charge in [0.2, 0.25) is 0 Å². The number of nitrogens with zero attached hydrogens (tertiary/aromatic N) is 1. The molecule has 0 amide bonds. The number of hydrogen-bond donors (Lipinski definition) is 2. The minimum atomic E-state index is -4.63. The molecule has 0 aromatic carbocycles. The third-order valence-electron chi connectivity index (χ3n) is 3.25. The first-order chi connectivity index (χ1) is 8.31. The second-order valence-electron chi connectivity index (χ2n) is 4.69. The average molecular weight is 298 g/mol. The first kappa shape index (κ1) is 16.0. The first-order valence-corrected chi connectivity index (χ1v) is 5.79. The lowest BCUT2D eigenvalue weighted by molar-refractivity contribution is -0.141. The van der Waals surface area contributed by atoms with Crippen LogP contribution >= 0.6 is 12.4 Å². The molecule has 0 unspecified atom stereocenters. The van der Waals surface area contributed by atoms with Crippen molar-refractivity contribution in [1.29, 1.82) is 0 Å². The van der Waals surface area contributed by atoms with E-state index < -0.39 is 23.0 Å². The Balaban J connectivity index is 0.00000180. The van der Waals surface area contributed by atoms with E-state index in [2.05, 4.69) is 9.97 Å². The second-order valence-corrected chi connectivity index (χ2v) is 4.69. The van der Waals surface area contributed by atoms with E-state index in [0.29, 0.717) is 18.9 Å². The minimum absolute atomic E-state index is 0. The van der Waals surface area contributed by atoms with Crippen LogP contribution in [0.3, 0.4) is 0 Å². The molecule has 1 heterocycles. The van der Waals surface area contributed by atoms with E-state index >= 15 is 0 Å². The van der Waals surface area contributed by atoms with Crippen molar-refractivity contribution in [3.05, 3.63) is 27.9 Å². The van der Waals surface area contributed by atoms with Gasteiger partial charge in [-0.25, -0.2) is 4.98 Å². The molecular formula is C11H15ClF3N3O. The average Bonchev–Trinajstić information content (AvgIpc) is 2.28. The van der Waals surface area contributed by atoms with Gasteiger partial charge in [-0.15, -0.1) is 12.4 Å². The van der Waals surface area contributed by atoms with Gasteiger partial charge in [0.25, 0.3) is 5.56 Å². The van der Waals surface area contributed by atoms with Crippen molar-refractivity contribution < 1.29 is 13.2 Å². The number of alkyl halides is 3. The van der Waals surface area contributed by atoms with Crippen LogP contribution in [0.5, 0.6) is 0 Å². The predicted molar refractivity (Wildman–Crippen MR) is 66.1 cm³/mol. The maximum atomic E-state index is 12.6. The molecule has 1 aliphatic rings. The summed E-state index contributed by atoms with van der Waals surface area (Å²) in [5.74, 6) is -0.0537. The third kappa shape index (κ3) is 3.48. The van der Waals surface area contributed by atoms with Crippen molar-refractivity contribution in [1.82, 2.24) is 9.97 Å². The second kappa shape index (κ2) is 5.50. The molecule has 0 atom stereocenters. The zero-order valence-electron chi connectivity index (χ0n) is 10.1. The third-order valence-corrected chi connectivity index (χ3v) is 3.25. The van der Waals surface area contributed by atoms with Crippen molar-refractivity contribution in [3.63, 3.8) is 0 Å². The molecule has 108 valence electrons. The highest BCUT2D eigenvalue weighted by Crippen LogP contribution is 2.34. The van der Waals surface area contributed by atoms with E-state index in [4.69, 9.17) is 5.73 Å². The molecule has 2 rings (SSSR count). The monoisotopic (exact) mass is 297 g/mol. The fourth-order valence-electron chi connectivity index (χ4n) is 2.26. The molecule has 0 radical (unpaired) electrons. The zero-order chi connectivity index (χ0) is 13.4. The maximum absolute atomic E-state index is 12.6. The SMILES string of the molecule is Cl.NC1(c2nc(C(F)(F)F)cc(=O)[nH]2)CCCCC1. The lowest BCUT2D eigenvalue weighted by Crippen LogP contribution is -2.42. The summed E-state index contributed by atoms with van der Waals surface area (Å²) in [6, 6.07) is 0.454. The number of aromatic nitrogens is 2. The first-order valence-electron chi connectivity index (χ1n) is 5.79. The lowest BCUT2D eigenvalue weighted by atomic mass is 9.82. The molecule has 8 heteroatoms. The summed E-state index contributed by atoms with van der Waals surface area (Å²) in [6.45, 7) is 0. The van der Waals surface area contributed by atoms with Gasteiger partial charge in [0.1, 0.15) is 5.82 Å². The Kier molecular flexibility index (Phi) is 4.63. The van der Waals surface area contributed by atoms with Crippen LogP contribution in [0.15, 0.2) is 10.9 Å². The Morgan fingerprint density at radius 3 is 2.37 bits per heavy atom. The van der Waals surface area contributed by atoms with Crippen LogP contribution in [0.2, 0.25) is 0 Å². The maximum Gasteiger partial charge on any atom is 0.433 e. The normalized spacial score (nSPS) is 18.7. The summed E-state index contributed by atoms with van der Waals surface area (Å²) in [4.78, 5) is 17.1. The molecule has 0 aliphatic heterocycles. The lowest BCUT2D eigenvalue weighted by Gasteiger charge is -2.32. The van der Waals surface area contributed by atoms with Crippen LogP contribution in [-0.2, 0) is 11.7 Å². The molecule has 0 saturated heterocycles. The highest BCUT2D eigenvalue weighted by Gasteiger charge is 2.37. The van der Waals surface area contributed by atoms with E-state index in [9.17, 15) is 18.0 Å². The summed E-state index contributed by atoms with van der Waals surface area (Å²) < 4.78 is 37.8. The summed E-state index contributed by atoms with van der Waals surface area (Å²) >= 11 is 0. The summed E-state index contributed by atoms with van der Waals surface area (Å²) in [7, 11) is 0. The number of hydrogen-bond acceptors (Lipinski definition) is 3. The summed E-state index contributed by atoms with van der Waals surface area (Å²) in [6.07, 6.45) is -0.891. The van der Waals surface area contributed by atoms with E-state index in [0.717, 1.165) is 19.3 Å². The largest absolute Gasteiger partial charge is 0.433 e. The van der Waals surface area contributed by atoms with Gasteiger partial charge in [-0.05, 0) is 12.8 Å². The van der Waals surface area contributed by atoms with Crippen LogP contribution < -0.4 is 11.3 Å². The number of rotatable bonds is 1. The topological polar surface area (TPSA) is 71.8 Å². The summed E-state index contributed by atoms with van der Waals surface area (Å²) in [5, 5.41) is 0. The molecule has 1 aromatic rings. The fraction of sp³-hybridized carbons (Fsp3) is 0.636. The number of aromatic amines is 1. The predicted octanol–water partition coefficient (Wildman–Crippen LogP) is 2.33. The Labute approximate surface area is 114 Å². The molecule has 4 nitrogen and oxygen atoms in total. The van der Waals surface area contributed by atoms with Gasteiger partial charge in [0, 0.05) is 6.07 Å². The van der Waals surface area contributed by atoms with Crippen molar-refractivity contribution >= 4 is 12.4 Å². The number of nitrogens with one attached hydrogen (secondary N) is 1. The van der Waals surface area contributed by atoms with Crippen molar-refractivity contribution in [2.24, 2.45) is 5.73 Å². The Morgan fingerprint density at radius 2 is 1.84 bits per heavy atom. The van der Waals surface area contributed by atoms with Crippen molar-refractivity contribution in [2.45, 2.75) is 43.8 Å². The Morgan fingerprint density at radius 1 is 1.26 bits per heavy atom. The van der Waals surface area contributed by atoms with Gasteiger partial charge in [-0.2, -0.15) is 13.2 Å². The molecule has 19 heavy (non-hydrogen) atoms. The number of nitrogens with two attached hydrogens (primary N) is 1. The molecule has 1 aliphatic carbocycles. The number of halogens is 4. The van der Waals surface area contributed by atoms with Crippen LogP contribution in [0.25, 0.3) is 0 Å². The summed E-state index contributed by atoms with van der Waals surface area (Å²) in [5.41, 5.74) is 3.12. The van der Waals surface area contributed by atoms with Gasteiger partial charge in [-0.3, -0.25) is 4.79 Å². The molecule has 0 spiro atoms. The highest BCUT2D eigenvalue weighted by atomic mass is 35.5. The van der Waals surface area contributed by atoms with Crippen molar-refractivity contribution in [2.75, 3.05) is 0 Å². The van der Waals surface area contributed by atoms with Gasteiger partial charge < -0.3 is 10.7 Å². The van der Waals surface area contributed by atoms with Gasteiger partial charge in [-0.1, -0.05) is 19.3 Å². The van der Waals surface area contributed by atoms with E-state index in [1.54, 1.807) is 0 Å². The van der Waals surface area contributed by atoms with Crippen LogP contribution in [0.1, 0.15) is 43.6 Å². The van der Waals surface area contributed by atoms with Crippen LogP contribution in [0.4, 0.5) is 13.2 Å². The fourth-order valence-corrected chi connectivity index (χ4v) is 2.26. The molecule has 3 N–H and O–H groups in total. The molecule has 1 aromatic heterocycles. The van der Waals surface area contributed by atoms with Crippen molar-refractivity contribution in [3.8, 4) is 0 Å². The number of H-pyrrole nitrogens is 1. The quantitative estimate of drug-likeness (QED) is 0.835. The van der Waals surface area contributed by atoms with Crippen LogP contribution in [-0.4, -0.2) is 9.97 Å². The Bertz CT molecular complexity index is 495. The highest BCUT2D eigenvalue weighted by molar-refractivity contribution is 5.85. The van der Waals surface area contributed by atoms with E-state index in [1.165, 1.54) is 0 Å². The standard InChI is InChI=1S/C11H14F3N3O.ClH/c12-11(13,14)7-6-8(18)17-9(16-7)10(15)4-2-1-3-5-10;/h6H,1-5,15H2,(H,16,17,18);1H.